The van der Waals surface area contributed by atoms with Crippen LogP contribution in [0.1, 0.15) is 13.3 Å². The summed E-state index contributed by atoms with van der Waals surface area (Å²) in [7, 11) is 0. The van der Waals surface area contributed by atoms with E-state index in [2.05, 4.69) is 5.32 Å². The van der Waals surface area contributed by atoms with Crippen LogP contribution in [-0.4, -0.2) is 26.2 Å². The van der Waals surface area contributed by atoms with E-state index in [1.165, 1.54) is 0 Å². The van der Waals surface area contributed by atoms with Gasteiger partial charge in [0, 0.05) is 13.2 Å². The fourth-order valence-corrected chi connectivity index (χ4v) is 0.421. The molecule has 0 aliphatic carbocycles. The molecule has 0 aliphatic rings. The normalized spacial score (nSPS) is 9.00. The zero-order valence-corrected chi connectivity index (χ0v) is 5.64. The Balaban J connectivity index is 2.66. The molecule has 0 aromatic heterocycles. The molecule has 0 spiro atoms. The molecule has 1 radical (unpaired) electrons. The fraction of sp³-hybridized carbons (Fsp3) is 0.833. The molecule has 9 heavy (non-hydrogen) atoms. The average Bonchev–Trinajstić information content (AvgIpc) is 1.89. The molecule has 1 N–H and O–H groups in total. The van der Waals surface area contributed by atoms with Crippen molar-refractivity contribution in [3.8, 4) is 0 Å². The Morgan fingerprint density at radius 1 is 1.56 bits per heavy atom. The predicted octanol–water partition coefficient (Wildman–Crippen LogP) is 0.0698. The van der Waals surface area contributed by atoms with Gasteiger partial charge in [-0.3, -0.25) is 4.79 Å². The Labute approximate surface area is 55.4 Å². The van der Waals surface area contributed by atoms with Crippen molar-refractivity contribution in [3.05, 3.63) is 0 Å². The van der Waals surface area contributed by atoms with Crippen molar-refractivity contribution in [3.63, 3.8) is 0 Å². The molecule has 53 valence electrons. The van der Waals surface area contributed by atoms with Crippen LogP contribution in [0.4, 0.5) is 0 Å². The number of hydrogen-bond donors (Lipinski definition) is 1. The zero-order valence-electron chi connectivity index (χ0n) is 5.64. The summed E-state index contributed by atoms with van der Waals surface area (Å²) in [5, 5.41) is 2.38. The van der Waals surface area contributed by atoms with Gasteiger partial charge < -0.3 is 10.1 Å². The van der Waals surface area contributed by atoms with Gasteiger partial charge in [-0.2, -0.15) is 0 Å². The number of nitrogens with one attached hydrogen (secondary N) is 1. The summed E-state index contributed by atoms with van der Waals surface area (Å²) in [6.45, 7) is 3.95. The minimum Gasteiger partial charge on any atom is -0.380 e. The molecule has 0 fully saturated rings. The molecule has 0 atom stereocenters. The SMILES string of the molecule is CCCOCCN[C]=O. The Bertz CT molecular complexity index is 66.1. The lowest BCUT2D eigenvalue weighted by Crippen LogP contribution is -2.17. The van der Waals surface area contributed by atoms with Crippen LogP contribution in [0, 0.1) is 0 Å². The highest BCUT2D eigenvalue weighted by Crippen LogP contribution is 1.76. The Kier molecular flexibility index (Phi) is 6.96. The molecule has 0 unspecified atom stereocenters. The van der Waals surface area contributed by atoms with Gasteiger partial charge in [0.15, 0.2) is 0 Å². The summed E-state index contributed by atoms with van der Waals surface area (Å²) in [5.41, 5.74) is 0. The van der Waals surface area contributed by atoms with E-state index in [1.54, 1.807) is 6.41 Å². The van der Waals surface area contributed by atoms with Crippen LogP contribution in [-0.2, 0) is 9.53 Å². The maximum Gasteiger partial charge on any atom is 0.309 e. The van der Waals surface area contributed by atoms with Crippen molar-refractivity contribution in [1.29, 1.82) is 0 Å². The number of carbonyl (C=O) groups excluding carboxylic acids is 1. The molecule has 0 bridgehead atoms. The van der Waals surface area contributed by atoms with E-state index in [0.29, 0.717) is 13.2 Å². The van der Waals surface area contributed by atoms with E-state index in [1.807, 2.05) is 6.92 Å². The maximum atomic E-state index is 9.55. The van der Waals surface area contributed by atoms with Crippen LogP contribution in [0.3, 0.4) is 0 Å². The summed E-state index contributed by atoms with van der Waals surface area (Å²) in [4.78, 5) is 9.55. The van der Waals surface area contributed by atoms with Crippen LogP contribution >= 0.6 is 0 Å². The Morgan fingerprint density at radius 2 is 2.33 bits per heavy atom. The van der Waals surface area contributed by atoms with Crippen LogP contribution in [0.2, 0.25) is 0 Å². The third-order valence-corrected chi connectivity index (χ3v) is 0.792. The lowest BCUT2D eigenvalue weighted by atomic mass is 10.5. The molecular formula is C6H12NO2. The Morgan fingerprint density at radius 3 is 2.89 bits per heavy atom. The van der Waals surface area contributed by atoms with E-state index in [4.69, 9.17) is 4.74 Å². The topological polar surface area (TPSA) is 38.3 Å². The van der Waals surface area contributed by atoms with E-state index < -0.39 is 0 Å². The van der Waals surface area contributed by atoms with E-state index in [9.17, 15) is 4.79 Å². The minimum absolute atomic E-state index is 0.559. The summed E-state index contributed by atoms with van der Waals surface area (Å²) in [6.07, 6.45) is 2.58. The van der Waals surface area contributed by atoms with E-state index in [-0.39, 0.29) is 0 Å². The second kappa shape index (κ2) is 7.43. The first-order valence-electron chi connectivity index (χ1n) is 3.09. The second-order valence-electron chi connectivity index (χ2n) is 1.64. The monoisotopic (exact) mass is 130 g/mol. The fourth-order valence-electron chi connectivity index (χ4n) is 0.421. The van der Waals surface area contributed by atoms with Gasteiger partial charge in [-0.15, -0.1) is 0 Å². The van der Waals surface area contributed by atoms with Crippen molar-refractivity contribution >= 4 is 6.41 Å². The van der Waals surface area contributed by atoms with Gasteiger partial charge in [0.2, 0.25) is 0 Å². The highest BCUT2D eigenvalue weighted by Gasteiger charge is 1.83. The van der Waals surface area contributed by atoms with Crippen molar-refractivity contribution in [1.82, 2.24) is 5.32 Å². The van der Waals surface area contributed by atoms with Gasteiger partial charge in [-0.1, -0.05) is 6.92 Å². The van der Waals surface area contributed by atoms with Gasteiger partial charge >= 0.3 is 6.41 Å². The zero-order chi connectivity index (χ0) is 6.95. The van der Waals surface area contributed by atoms with Gasteiger partial charge in [0.25, 0.3) is 0 Å². The third-order valence-electron chi connectivity index (χ3n) is 0.792. The van der Waals surface area contributed by atoms with Gasteiger partial charge in [-0.25, -0.2) is 0 Å². The summed E-state index contributed by atoms with van der Waals surface area (Å²) in [6, 6.07) is 0. The minimum atomic E-state index is 0.559. The molecule has 0 aliphatic heterocycles. The van der Waals surface area contributed by atoms with Crippen molar-refractivity contribution < 1.29 is 9.53 Å². The standard InChI is InChI=1S/C6H12NO2/c1-2-4-9-5-3-7-6-8/h2-5H2,1H3,(H,7,8). The van der Waals surface area contributed by atoms with E-state index >= 15 is 0 Å². The molecule has 0 aromatic rings. The van der Waals surface area contributed by atoms with Crippen molar-refractivity contribution in [2.24, 2.45) is 0 Å². The van der Waals surface area contributed by atoms with Gasteiger partial charge in [0.05, 0.1) is 6.61 Å². The number of rotatable bonds is 6. The molecule has 3 heteroatoms. The largest absolute Gasteiger partial charge is 0.380 e. The predicted molar refractivity (Wildman–Crippen MR) is 34.8 cm³/mol. The first-order chi connectivity index (χ1) is 4.41. The molecule has 0 rings (SSSR count). The van der Waals surface area contributed by atoms with Crippen LogP contribution in [0.5, 0.6) is 0 Å². The van der Waals surface area contributed by atoms with Gasteiger partial charge in [0.1, 0.15) is 0 Å². The lowest BCUT2D eigenvalue weighted by Gasteiger charge is -1.98. The maximum absolute atomic E-state index is 9.55. The van der Waals surface area contributed by atoms with Crippen LogP contribution < -0.4 is 5.32 Å². The lowest BCUT2D eigenvalue weighted by molar-refractivity contribution is 0.139. The molecule has 1 amide bonds. The summed E-state index contributed by atoms with van der Waals surface area (Å²) >= 11 is 0. The summed E-state index contributed by atoms with van der Waals surface area (Å²) in [5.74, 6) is 0. The molecule has 0 saturated carbocycles. The van der Waals surface area contributed by atoms with Crippen molar-refractivity contribution in [2.45, 2.75) is 13.3 Å². The molecule has 0 aromatic carbocycles. The highest BCUT2D eigenvalue weighted by atomic mass is 16.5. The molecular weight excluding hydrogens is 118 g/mol. The highest BCUT2D eigenvalue weighted by molar-refractivity contribution is 5.46. The second-order valence-corrected chi connectivity index (χ2v) is 1.64. The smallest absolute Gasteiger partial charge is 0.309 e. The van der Waals surface area contributed by atoms with Gasteiger partial charge in [-0.05, 0) is 6.42 Å². The molecule has 0 saturated heterocycles. The number of hydrogen-bond acceptors (Lipinski definition) is 2. The van der Waals surface area contributed by atoms with Crippen LogP contribution in [0.15, 0.2) is 0 Å². The number of amides is 1. The van der Waals surface area contributed by atoms with Crippen molar-refractivity contribution in [2.75, 3.05) is 19.8 Å². The molecule has 0 heterocycles. The Hall–Kier alpha value is -0.570. The quantitative estimate of drug-likeness (QED) is 0.408. The first-order valence-corrected chi connectivity index (χ1v) is 3.09. The molecule has 3 nitrogen and oxygen atoms in total. The average molecular weight is 130 g/mol. The third kappa shape index (κ3) is 7.43. The number of ether oxygens (including phenoxy) is 1. The first kappa shape index (κ1) is 8.43. The van der Waals surface area contributed by atoms with E-state index in [0.717, 1.165) is 13.0 Å². The summed E-state index contributed by atoms with van der Waals surface area (Å²) < 4.78 is 5.04. The van der Waals surface area contributed by atoms with Crippen LogP contribution in [0.25, 0.3) is 0 Å².